The van der Waals surface area contributed by atoms with E-state index in [4.69, 9.17) is 0 Å². The first-order chi connectivity index (χ1) is 10.7. The van der Waals surface area contributed by atoms with Crippen molar-refractivity contribution in [2.45, 2.75) is 13.8 Å². The molecule has 0 atom stereocenters. The lowest BCUT2D eigenvalue weighted by atomic mass is 10.0. The molecule has 4 heteroatoms. The second-order valence-corrected chi connectivity index (χ2v) is 4.88. The van der Waals surface area contributed by atoms with Gasteiger partial charge in [0.2, 0.25) is 6.29 Å². The quantitative estimate of drug-likeness (QED) is 0.657. The van der Waals surface area contributed by atoms with Crippen LogP contribution in [0.15, 0.2) is 48.5 Å². The van der Waals surface area contributed by atoms with E-state index in [1.165, 1.54) is 0 Å². The van der Waals surface area contributed by atoms with Gasteiger partial charge in [0.05, 0.1) is 0 Å². The number of carbonyl (C=O) groups excluding carboxylic acids is 2. The first-order valence-electron chi connectivity index (χ1n) is 7.40. The number of nitrogens with one attached hydrogen (secondary N) is 1. The lowest BCUT2D eigenvalue weighted by Crippen LogP contribution is -2.22. The Bertz CT molecular complexity index is 649. The fraction of sp³-hybridized carbons (Fsp3) is 0.222. The lowest BCUT2D eigenvalue weighted by molar-refractivity contribution is -0.127. The van der Waals surface area contributed by atoms with Crippen LogP contribution < -0.4 is 10.2 Å². The van der Waals surface area contributed by atoms with Crippen LogP contribution in [-0.2, 0) is 9.59 Å². The van der Waals surface area contributed by atoms with Crippen LogP contribution in [0.5, 0.6) is 0 Å². The van der Waals surface area contributed by atoms with Crippen LogP contribution in [0.4, 0.5) is 11.4 Å². The average Bonchev–Trinajstić information content (AvgIpc) is 2.57. The highest BCUT2D eigenvalue weighted by atomic mass is 16.2. The summed E-state index contributed by atoms with van der Waals surface area (Å²) in [5.41, 5.74) is 3.63. The predicted molar refractivity (Wildman–Crippen MR) is 90.1 cm³/mol. The molecule has 0 aliphatic heterocycles. The molecule has 0 aliphatic rings. The fourth-order valence-electron chi connectivity index (χ4n) is 2.45. The largest absolute Gasteiger partial charge is 0.372 e. The van der Waals surface area contributed by atoms with Crippen LogP contribution >= 0.6 is 0 Å². The summed E-state index contributed by atoms with van der Waals surface area (Å²) in [5, 5.41) is 2.64. The Morgan fingerprint density at radius 2 is 1.77 bits per heavy atom. The summed E-state index contributed by atoms with van der Waals surface area (Å²) in [6.07, 6.45) is 0.285. The minimum Gasteiger partial charge on any atom is -0.372 e. The van der Waals surface area contributed by atoms with Crippen molar-refractivity contribution in [3.05, 3.63) is 48.5 Å². The van der Waals surface area contributed by atoms with E-state index in [1.54, 1.807) is 0 Å². The lowest BCUT2D eigenvalue weighted by Gasteiger charge is -2.23. The number of benzene rings is 2. The Morgan fingerprint density at radius 1 is 1.09 bits per heavy atom. The third-order valence-corrected chi connectivity index (χ3v) is 3.58. The SMILES string of the molecule is CCN(CC)c1ccc(NC(=O)C=O)c(-c2ccccc2)c1. The normalized spacial score (nSPS) is 10.1. The zero-order valence-corrected chi connectivity index (χ0v) is 12.9. The van der Waals surface area contributed by atoms with Crippen LogP contribution in [-0.4, -0.2) is 25.3 Å². The number of anilines is 2. The number of hydrogen-bond donors (Lipinski definition) is 1. The van der Waals surface area contributed by atoms with Gasteiger partial charge in [-0.15, -0.1) is 0 Å². The molecule has 0 saturated carbocycles. The number of amides is 1. The van der Waals surface area contributed by atoms with Crippen LogP contribution in [0.2, 0.25) is 0 Å². The molecule has 0 aromatic heterocycles. The summed E-state index contributed by atoms with van der Waals surface area (Å²) in [7, 11) is 0. The van der Waals surface area contributed by atoms with Gasteiger partial charge in [0, 0.05) is 30.0 Å². The molecule has 114 valence electrons. The van der Waals surface area contributed by atoms with Crippen LogP contribution in [0.3, 0.4) is 0 Å². The van der Waals surface area contributed by atoms with Gasteiger partial charge in [0.1, 0.15) is 0 Å². The molecular formula is C18H20N2O2. The Labute approximate surface area is 130 Å². The third kappa shape index (κ3) is 3.52. The van der Waals surface area contributed by atoms with Gasteiger partial charge in [-0.3, -0.25) is 9.59 Å². The maximum Gasteiger partial charge on any atom is 0.288 e. The molecule has 4 nitrogen and oxygen atoms in total. The van der Waals surface area contributed by atoms with E-state index in [0.29, 0.717) is 5.69 Å². The van der Waals surface area contributed by atoms with Crippen molar-refractivity contribution < 1.29 is 9.59 Å². The molecule has 0 spiro atoms. The van der Waals surface area contributed by atoms with Crippen molar-refractivity contribution in [3.8, 4) is 11.1 Å². The summed E-state index contributed by atoms with van der Waals surface area (Å²) in [6, 6.07) is 15.7. The predicted octanol–water partition coefficient (Wildman–Crippen LogP) is 3.34. The maximum absolute atomic E-state index is 11.4. The number of hydrogen-bond acceptors (Lipinski definition) is 3. The van der Waals surface area contributed by atoms with E-state index in [1.807, 2.05) is 48.5 Å². The Morgan fingerprint density at radius 3 is 2.36 bits per heavy atom. The molecule has 2 rings (SSSR count). The van der Waals surface area contributed by atoms with E-state index in [2.05, 4.69) is 24.1 Å². The van der Waals surface area contributed by atoms with E-state index in [-0.39, 0.29) is 6.29 Å². The average molecular weight is 296 g/mol. The first kappa shape index (κ1) is 15.8. The molecule has 1 N–H and O–H groups in total. The second kappa shape index (κ2) is 7.41. The molecule has 2 aromatic rings. The van der Waals surface area contributed by atoms with Gasteiger partial charge in [-0.1, -0.05) is 30.3 Å². The van der Waals surface area contributed by atoms with Gasteiger partial charge in [0.15, 0.2) is 0 Å². The molecule has 0 radical (unpaired) electrons. The number of aldehydes is 1. The number of nitrogens with zero attached hydrogens (tertiary/aromatic N) is 1. The fourth-order valence-corrected chi connectivity index (χ4v) is 2.45. The highest BCUT2D eigenvalue weighted by Gasteiger charge is 2.11. The monoisotopic (exact) mass is 296 g/mol. The topological polar surface area (TPSA) is 49.4 Å². The van der Waals surface area contributed by atoms with Gasteiger partial charge in [-0.25, -0.2) is 0 Å². The molecule has 0 aliphatic carbocycles. The molecule has 0 unspecified atom stereocenters. The zero-order chi connectivity index (χ0) is 15.9. The minimum absolute atomic E-state index is 0.285. The third-order valence-electron chi connectivity index (χ3n) is 3.58. The maximum atomic E-state index is 11.4. The van der Waals surface area contributed by atoms with E-state index in [9.17, 15) is 9.59 Å². The summed E-state index contributed by atoms with van der Waals surface area (Å²) >= 11 is 0. The van der Waals surface area contributed by atoms with Gasteiger partial charge >= 0.3 is 0 Å². The first-order valence-corrected chi connectivity index (χ1v) is 7.40. The molecule has 0 saturated heterocycles. The molecule has 0 heterocycles. The van der Waals surface area contributed by atoms with E-state index in [0.717, 1.165) is 29.9 Å². The second-order valence-electron chi connectivity index (χ2n) is 4.88. The Hall–Kier alpha value is -2.62. The van der Waals surface area contributed by atoms with Crippen LogP contribution in [0.25, 0.3) is 11.1 Å². The highest BCUT2D eigenvalue weighted by Crippen LogP contribution is 2.32. The van der Waals surface area contributed by atoms with Crippen molar-refractivity contribution in [1.29, 1.82) is 0 Å². The molecule has 0 bridgehead atoms. The van der Waals surface area contributed by atoms with E-state index >= 15 is 0 Å². The summed E-state index contributed by atoms with van der Waals surface area (Å²) in [4.78, 5) is 24.2. The van der Waals surface area contributed by atoms with Crippen LogP contribution in [0, 0.1) is 0 Å². The number of rotatable bonds is 6. The summed E-state index contributed by atoms with van der Waals surface area (Å²) in [5.74, 6) is -0.646. The molecular weight excluding hydrogens is 276 g/mol. The van der Waals surface area contributed by atoms with Crippen molar-refractivity contribution in [3.63, 3.8) is 0 Å². The van der Waals surface area contributed by atoms with Crippen molar-refractivity contribution >= 4 is 23.6 Å². The zero-order valence-electron chi connectivity index (χ0n) is 12.9. The van der Waals surface area contributed by atoms with E-state index < -0.39 is 5.91 Å². The van der Waals surface area contributed by atoms with Crippen molar-refractivity contribution in [2.75, 3.05) is 23.3 Å². The smallest absolute Gasteiger partial charge is 0.288 e. The van der Waals surface area contributed by atoms with Gasteiger partial charge < -0.3 is 10.2 Å². The summed E-state index contributed by atoms with van der Waals surface area (Å²) in [6.45, 7) is 6.02. The summed E-state index contributed by atoms with van der Waals surface area (Å²) < 4.78 is 0. The molecule has 1 amide bonds. The molecule has 22 heavy (non-hydrogen) atoms. The van der Waals surface area contributed by atoms with Gasteiger partial charge in [0.25, 0.3) is 5.91 Å². The van der Waals surface area contributed by atoms with Gasteiger partial charge in [-0.05, 0) is 37.6 Å². The van der Waals surface area contributed by atoms with Gasteiger partial charge in [-0.2, -0.15) is 0 Å². The standard InChI is InChI=1S/C18H20N2O2/c1-3-20(4-2)15-10-11-17(19-18(22)13-21)16(12-15)14-8-6-5-7-9-14/h5-13H,3-4H2,1-2H3,(H,19,22). The Kier molecular flexibility index (Phi) is 5.31. The van der Waals surface area contributed by atoms with Crippen molar-refractivity contribution in [1.82, 2.24) is 0 Å². The minimum atomic E-state index is -0.646. The van der Waals surface area contributed by atoms with Crippen LogP contribution in [0.1, 0.15) is 13.8 Å². The number of carbonyl (C=O) groups is 2. The van der Waals surface area contributed by atoms with Crippen molar-refractivity contribution in [2.24, 2.45) is 0 Å². The molecule has 2 aromatic carbocycles. The molecule has 0 fully saturated rings. The Balaban J connectivity index is 2.50. The highest BCUT2D eigenvalue weighted by molar-refractivity contribution is 6.30.